The summed E-state index contributed by atoms with van der Waals surface area (Å²) in [7, 11) is 0. The lowest BCUT2D eigenvalue weighted by atomic mass is 9.79. The molecule has 1 aromatic rings. The maximum atomic E-state index is 9.82. The van der Waals surface area contributed by atoms with Gasteiger partial charge in [-0.05, 0) is 45.1 Å². The number of ether oxygens (including phenoxy) is 1. The van der Waals surface area contributed by atoms with Crippen LogP contribution in [-0.4, -0.2) is 23.9 Å². The SMILES string of the molecule is CC1(C)CCCC(CO)(Cc2ccccc2)CO1. The molecular weight excluding hydrogens is 224 g/mol. The Hall–Kier alpha value is -0.860. The van der Waals surface area contributed by atoms with Crippen LogP contribution in [0.2, 0.25) is 0 Å². The van der Waals surface area contributed by atoms with Gasteiger partial charge in [-0.3, -0.25) is 0 Å². The molecule has 18 heavy (non-hydrogen) atoms. The number of aliphatic hydroxyl groups excluding tert-OH is 1. The van der Waals surface area contributed by atoms with Crippen LogP contribution in [0, 0.1) is 5.41 Å². The third kappa shape index (κ3) is 3.33. The van der Waals surface area contributed by atoms with Crippen molar-refractivity contribution in [1.82, 2.24) is 0 Å². The van der Waals surface area contributed by atoms with Crippen LogP contribution < -0.4 is 0 Å². The average Bonchev–Trinajstić information content (AvgIpc) is 2.51. The fourth-order valence-electron chi connectivity index (χ4n) is 2.73. The largest absolute Gasteiger partial charge is 0.396 e. The molecule has 1 fully saturated rings. The normalized spacial score (nSPS) is 27.7. The van der Waals surface area contributed by atoms with Gasteiger partial charge in [0.1, 0.15) is 0 Å². The molecule has 1 heterocycles. The summed E-state index contributed by atoms with van der Waals surface area (Å²) in [6.07, 6.45) is 4.15. The van der Waals surface area contributed by atoms with E-state index in [-0.39, 0.29) is 17.6 Å². The molecule has 0 aliphatic carbocycles. The lowest BCUT2D eigenvalue weighted by Gasteiger charge is -2.31. The zero-order valence-electron chi connectivity index (χ0n) is 11.5. The molecule has 1 saturated heterocycles. The Labute approximate surface area is 110 Å². The van der Waals surface area contributed by atoms with E-state index in [0.717, 1.165) is 25.7 Å². The lowest BCUT2D eigenvalue weighted by molar-refractivity contribution is -0.0623. The topological polar surface area (TPSA) is 29.5 Å². The summed E-state index contributed by atoms with van der Waals surface area (Å²) < 4.78 is 6.01. The van der Waals surface area contributed by atoms with Gasteiger partial charge in [0, 0.05) is 5.41 Å². The highest BCUT2D eigenvalue weighted by Gasteiger charge is 2.36. The van der Waals surface area contributed by atoms with Gasteiger partial charge in [0.15, 0.2) is 0 Å². The maximum absolute atomic E-state index is 9.82. The molecule has 0 saturated carbocycles. The van der Waals surface area contributed by atoms with Crippen LogP contribution in [0.1, 0.15) is 38.7 Å². The zero-order valence-corrected chi connectivity index (χ0v) is 11.5. The van der Waals surface area contributed by atoms with Crippen LogP contribution in [0.5, 0.6) is 0 Å². The third-order valence-electron chi connectivity index (χ3n) is 4.01. The molecule has 2 heteroatoms. The third-order valence-corrected chi connectivity index (χ3v) is 4.01. The molecule has 1 aliphatic heterocycles. The van der Waals surface area contributed by atoms with Gasteiger partial charge in [-0.15, -0.1) is 0 Å². The van der Waals surface area contributed by atoms with Gasteiger partial charge in [-0.2, -0.15) is 0 Å². The van der Waals surface area contributed by atoms with E-state index in [0.29, 0.717) is 6.61 Å². The Kier molecular flexibility index (Phi) is 4.08. The van der Waals surface area contributed by atoms with Crippen molar-refractivity contribution in [3.63, 3.8) is 0 Å². The molecular formula is C16H24O2. The molecule has 2 nitrogen and oxygen atoms in total. The first kappa shape index (κ1) is 13.6. The molecule has 1 aromatic carbocycles. The monoisotopic (exact) mass is 248 g/mol. The summed E-state index contributed by atoms with van der Waals surface area (Å²) in [5, 5.41) is 9.82. The standard InChI is InChI=1S/C16H24O2/c1-15(2)9-6-10-16(12-17,13-18-15)11-14-7-4-3-5-8-14/h3-5,7-8,17H,6,9-13H2,1-2H3. The van der Waals surface area contributed by atoms with E-state index in [1.807, 2.05) is 6.07 Å². The molecule has 0 spiro atoms. The number of benzene rings is 1. The van der Waals surface area contributed by atoms with E-state index >= 15 is 0 Å². The molecule has 0 amide bonds. The molecule has 1 N–H and O–H groups in total. The molecule has 100 valence electrons. The highest BCUT2D eigenvalue weighted by molar-refractivity contribution is 5.17. The van der Waals surface area contributed by atoms with Crippen LogP contribution in [0.3, 0.4) is 0 Å². The number of hydrogen-bond acceptors (Lipinski definition) is 2. The van der Waals surface area contributed by atoms with E-state index in [1.54, 1.807) is 0 Å². The van der Waals surface area contributed by atoms with Crippen molar-refractivity contribution in [2.45, 2.75) is 45.1 Å². The Morgan fingerprint density at radius 3 is 2.56 bits per heavy atom. The smallest absolute Gasteiger partial charge is 0.0626 e. The number of hydrogen-bond donors (Lipinski definition) is 1. The summed E-state index contributed by atoms with van der Waals surface area (Å²) in [6.45, 7) is 5.15. The van der Waals surface area contributed by atoms with Crippen molar-refractivity contribution in [3.8, 4) is 0 Å². The Morgan fingerprint density at radius 1 is 1.17 bits per heavy atom. The molecule has 1 unspecified atom stereocenters. The van der Waals surface area contributed by atoms with E-state index in [9.17, 15) is 5.11 Å². The van der Waals surface area contributed by atoms with Crippen molar-refractivity contribution in [2.24, 2.45) is 5.41 Å². The van der Waals surface area contributed by atoms with Crippen molar-refractivity contribution in [2.75, 3.05) is 13.2 Å². The van der Waals surface area contributed by atoms with Crippen molar-refractivity contribution < 1.29 is 9.84 Å². The second-order valence-corrected chi connectivity index (χ2v) is 6.22. The second-order valence-electron chi connectivity index (χ2n) is 6.22. The van der Waals surface area contributed by atoms with Crippen LogP contribution in [-0.2, 0) is 11.2 Å². The van der Waals surface area contributed by atoms with Crippen LogP contribution in [0.15, 0.2) is 30.3 Å². The second kappa shape index (κ2) is 5.41. The molecule has 2 rings (SSSR count). The molecule has 1 atom stereocenters. The predicted molar refractivity (Wildman–Crippen MR) is 73.5 cm³/mol. The minimum absolute atomic E-state index is 0.0480. The van der Waals surface area contributed by atoms with Crippen molar-refractivity contribution in [3.05, 3.63) is 35.9 Å². The van der Waals surface area contributed by atoms with E-state index in [1.165, 1.54) is 5.56 Å². The molecule has 0 bridgehead atoms. The van der Waals surface area contributed by atoms with Crippen LogP contribution in [0.4, 0.5) is 0 Å². The zero-order chi connectivity index (χ0) is 13.1. The van der Waals surface area contributed by atoms with Gasteiger partial charge in [0.2, 0.25) is 0 Å². The molecule has 0 aromatic heterocycles. The molecule has 0 radical (unpaired) electrons. The van der Waals surface area contributed by atoms with Crippen molar-refractivity contribution >= 4 is 0 Å². The first-order chi connectivity index (χ1) is 8.55. The van der Waals surface area contributed by atoms with Gasteiger partial charge in [-0.25, -0.2) is 0 Å². The van der Waals surface area contributed by atoms with E-state index in [4.69, 9.17) is 4.74 Å². The summed E-state index contributed by atoms with van der Waals surface area (Å²) in [5.41, 5.74) is 1.14. The van der Waals surface area contributed by atoms with Crippen LogP contribution in [0.25, 0.3) is 0 Å². The minimum Gasteiger partial charge on any atom is -0.396 e. The maximum Gasteiger partial charge on any atom is 0.0626 e. The quantitative estimate of drug-likeness (QED) is 0.890. The summed E-state index contributed by atoms with van der Waals surface area (Å²) in [4.78, 5) is 0. The predicted octanol–water partition coefficient (Wildman–Crippen LogP) is 3.19. The highest BCUT2D eigenvalue weighted by Crippen LogP contribution is 2.36. The summed E-state index contributed by atoms with van der Waals surface area (Å²) in [6, 6.07) is 10.4. The minimum atomic E-state index is -0.102. The fourth-order valence-corrected chi connectivity index (χ4v) is 2.73. The van der Waals surface area contributed by atoms with Gasteiger partial charge < -0.3 is 9.84 Å². The highest BCUT2D eigenvalue weighted by atomic mass is 16.5. The fraction of sp³-hybridized carbons (Fsp3) is 0.625. The Balaban J connectivity index is 2.11. The lowest BCUT2D eigenvalue weighted by Crippen LogP contribution is -2.35. The Bertz CT molecular complexity index is 372. The van der Waals surface area contributed by atoms with Gasteiger partial charge in [0.25, 0.3) is 0 Å². The van der Waals surface area contributed by atoms with E-state index in [2.05, 4.69) is 38.1 Å². The molecule has 1 aliphatic rings. The number of aliphatic hydroxyl groups is 1. The summed E-state index contributed by atoms with van der Waals surface area (Å²) >= 11 is 0. The first-order valence-corrected chi connectivity index (χ1v) is 6.84. The number of rotatable bonds is 3. The van der Waals surface area contributed by atoms with Crippen LogP contribution >= 0.6 is 0 Å². The Morgan fingerprint density at radius 2 is 1.89 bits per heavy atom. The average molecular weight is 248 g/mol. The van der Waals surface area contributed by atoms with E-state index < -0.39 is 0 Å². The van der Waals surface area contributed by atoms with Gasteiger partial charge in [-0.1, -0.05) is 30.3 Å². The van der Waals surface area contributed by atoms with Gasteiger partial charge >= 0.3 is 0 Å². The van der Waals surface area contributed by atoms with Crippen molar-refractivity contribution in [1.29, 1.82) is 0 Å². The summed E-state index contributed by atoms with van der Waals surface area (Å²) in [5.74, 6) is 0. The van der Waals surface area contributed by atoms with Gasteiger partial charge in [0.05, 0.1) is 18.8 Å². The first-order valence-electron chi connectivity index (χ1n) is 6.84.